The van der Waals surface area contributed by atoms with Crippen LogP contribution in [0.4, 0.5) is 0 Å². The fourth-order valence-electron chi connectivity index (χ4n) is 1.41. The van der Waals surface area contributed by atoms with Gasteiger partial charge in [-0.05, 0) is 12.1 Å². The molecule has 0 aliphatic heterocycles. The molecule has 0 bridgehead atoms. The van der Waals surface area contributed by atoms with E-state index in [0.29, 0.717) is 0 Å². The molecular weight excluding hydrogens is 196 g/mol. The monoisotopic (exact) mass is 202 g/mol. The Morgan fingerprint density at radius 3 is 3.07 bits per heavy atom. The fourth-order valence-corrected chi connectivity index (χ4v) is 2.40. The Bertz CT molecular complexity index is 667. The van der Waals surface area contributed by atoms with Crippen LogP contribution < -0.4 is 5.62 Å². The molecule has 0 unspecified atom stereocenters. The summed E-state index contributed by atoms with van der Waals surface area (Å²) in [6.45, 7) is 0. The highest BCUT2D eigenvalue weighted by molar-refractivity contribution is 7.23. The smallest absolute Gasteiger partial charge is 0.245 e. The van der Waals surface area contributed by atoms with E-state index in [1.165, 1.54) is 0 Å². The van der Waals surface area contributed by atoms with Gasteiger partial charge in [-0.3, -0.25) is 9.81 Å². The number of nitrogens with zero attached hydrogens (tertiary/aromatic N) is 3. The van der Waals surface area contributed by atoms with Crippen molar-refractivity contribution in [1.82, 2.24) is 14.4 Å². The number of aromatic nitrogens is 3. The number of rotatable bonds is 0. The predicted molar refractivity (Wildman–Crippen MR) is 54.2 cm³/mol. The lowest BCUT2D eigenvalue weighted by Crippen LogP contribution is -2.10. The van der Waals surface area contributed by atoms with Gasteiger partial charge >= 0.3 is 0 Å². The Balaban J connectivity index is 2.63. The van der Waals surface area contributed by atoms with Gasteiger partial charge in [0.05, 0.1) is 10.2 Å². The Labute approximate surface area is 83.0 Å². The molecule has 0 saturated carbocycles. The number of hydrogen-bond acceptors (Lipinski definition) is 4. The zero-order valence-electron chi connectivity index (χ0n) is 7.14. The summed E-state index contributed by atoms with van der Waals surface area (Å²) in [7, 11) is 0. The topological polar surface area (TPSA) is 54.0 Å². The molecule has 68 valence electrons. The van der Waals surface area contributed by atoms with Crippen molar-refractivity contribution < 1.29 is 0 Å². The standard InChI is InChI=1S/C9H6N4S/c10-8-11-5-13-6-3-1-2-4-7(6)14-9(13)12-8/h1-5,10H. The van der Waals surface area contributed by atoms with Crippen LogP contribution in [-0.2, 0) is 0 Å². The minimum atomic E-state index is 0.0663. The molecule has 3 aromatic rings. The lowest BCUT2D eigenvalue weighted by atomic mass is 10.3. The highest BCUT2D eigenvalue weighted by Crippen LogP contribution is 2.22. The van der Waals surface area contributed by atoms with E-state index in [1.807, 2.05) is 28.7 Å². The van der Waals surface area contributed by atoms with E-state index in [2.05, 4.69) is 9.97 Å². The summed E-state index contributed by atoms with van der Waals surface area (Å²) in [5.41, 5.74) is 1.16. The molecular formula is C9H6N4S. The maximum absolute atomic E-state index is 7.32. The number of fused-ring (bicyclic) bond motifs is 3. The number of thiazole rings is 1. The number of benzene rings is 1. The van der Waals surface area contributed by atoms with Crippen LogP contribution >= 0.6 is 11.3 Å². The summed E-state index contributed by atoms with van der Waals surface area (Å²) < 4.78 is 3.06. The highest BCUT2D eigenvalue weighted by atomic mass is 32.1. The van der Waals surface area contributed by atoms with Crippen molar-refractivity contribution in [3.05, 3.63) is 36.2 Å². The molecule has 0 spiro atoms. The quantitative estimate of drug-likeness (QED) is 0.599. The number of para-hydroxylation sites is 1. The molecule has 1 N–H and O–H groups in total. The van der Waals surface area contributed by atoms with Crippen molar-refractivity contribution in [3.8, 4) is 0 Å². The first kappa shape index (κ1) is 7.64. The van der Waals surface area contributed by atoms with E-state index in [0.717, 1.165) is 15.2 Å². The number of nitrogens with one attached hydrogen (secondary N) is 1. The lowest BCUT2D eigenvalue weighted by Gasteiger charge is -1.91. The third kappa shape index (κ3) is 0.958. The molecule has 0 atom stereocenters. The molecule has 0 fully saturated rings. The third-order valence-corrected chi connectivity index (χ3v) is 3.06. The van der Waals surface area contributed by atoms with Crippen LogP contribution in [0, 0.1) is 5.41 Å². The SMILES string of the molecule is N=c1ncn2c(n1)sc1ccccc12. The van der Waals surface area contributed by atoms with E-state index in [4.69, 9.17) is 5.41 Å². The molecule has 2 heterocycles. The Morgan fingerprint density at radius 2 is 2.14 bits per heavy atom. The van der Waals surface area contributed by atoms with Gasteiger partial charge in [0, 0.05) is 0 Å². The van der Waals surface area contributed by atoms with Crippen LogP contribution in [0.3, 0.4) is 0 Å². The summed E-state index contributed by atoms with van der Waals surface area (Å²) in [4.78, 5) is 8.72. The molecule has 5 heteroatoms. The molecule has 1 aromatic carbocycles. The van der Waals surface area contributed by atoms with Crippen molar-refractivity contribution in [2.75, 3.05) is 0 Å². The molecule has 3 rings (SSSR count). The van der Waals surface area contributed by atoms with Gasteiger partial charge in [0.15, 0.2) is 4.96 Å². The normalized spacial score (nSPS) is 11.1. The van der Waals surface area contributed by atoms with Crippen LogP contribution in [0.15, 0.2) is 30.6 Å². The first-order valence-corrected chi connectivity index (χ1v) is 4.94. The average Bonchev–Trinajstić information content (AvgIpc) is 2.54. The van der Waals surface area contributed by atoms with E-state index in [9.17, 15) is 0 Å². The van der Waals surface area contributed by atoms with Crippen LogP contribution in [0.1, 0.15) is 0 Å². The second-order valence-corrected chi connectivity index (χ2v) is 3.91. The summed E-state index contributed by atoms with van der Waals surface area (Å²) in [5, 5.41) is 7.32. The van der Waals surface area contributed by atoms with Gasteiger partial charge in [0.1, 0.15) is 6.33 Å². The first-order chi connectivity index (χ1) is 6.84. The van der Waals surface area contributed by atoms with Crippen LogP contribution in [0.2, 0.25) is 0 Å². The molecule has 2 aromatic heterocycles. The minimum absolute atomic E-state index is 0.0663. The van der Waals surface area contributed by atoms with E-state index >= 15 is 0 Å². The summed E-state index contributed by atoms with van der Waals surface area (Å²) in [6.07, 6.45) is 1.64. The Kier molecular flexibility index (Phi) is 1.43. The van der Waals surface area contributed by atoms with Crippen molar-refractivity contribution in [2.24, 2.45) is 0 Å². The van der Waals surface area contributed by atoms with Crippen LogP contribution in [0.5, 0.6) is 0 Å². The van der Waals surface area contributed by atoms with Crippen molar-refractivity contribution >= 4 is 26.5 Å². The molecule has 14 heavy (non-hydrogen) atoms. The van der Waals surface area contributed by atoms with Gasteiger partial charge in [-0.25, -0.2) is 4.98 Å². The number of hydrogen-bond donors (Lipinski definition) is 1. The Morgan fingerprint density at radius 1 is 1.29 bits per heavy atom. The third-order valence-electron chi connectivity index (χ3n) is 2.03. The maximum Gasteiger partial charge on any atom is 0.245 e. The van der Waals surface area contributed by atoms with Crippen LogP contribution in [-0.4, -0.2) is 14.4 Å². The second-order valence-electron chi connectivity index (χ2n) is 2.90. The molecule has 0 aliphatic carbocycles. The van der Waals surface area contributed by atoms with Gasteiger partial charge in [-0.1, -0.05) is 23.5 Å². The zero-order valence-corrected chi connectivity index (χ0v) is 7.95. The van der Waals surface area contributed by atoms with Crippen molar-refractivity contribution in [1.29, 1.82) is 5.41 Å². The highest BCUT2D eigenvalue weighted by Gasteiger charge is 2.02. The van der Waals surface area contributed by atoms with Gasteiger partial charge in [0.2, 0.25) is 5.62 Å². The van der Waals surface area contributed by atoms with Gasteiger partial charge in [0.25, 0.3) is 0 Å². The predicted octanol–water partition coefficient (Wildman–Crippen LogP) is 1.42. The molecule has 0 radical (unpaired) electrons. The van der Waals surface area contributed by atoms with E-state index in [1.54, 1.807) is 17.7 Å². The maximum atomic E-state index is 7.32. The minimum Gasteiger partial charge on any atom is -0.275 e. The summed E-state index contributed by atoms with van der Waals surface area (Å²) >= 11 is 1.57. The molecule has 0 amide bonds. The van der Waals surface area contributed by atoms with E-state index in [-0.39, 0.29) is 5.62 Å². The van der Waals surface area contributed by atoms with Crippen molar-refractivity contribution in [2.45, 2.75) is 0 Å². The fraction of sp³-hybridized carbons (Fsp3) is 0. The van der Waals surface area contributed by atoms with Gasteiger partial charge in [-0.15, -0.1) is 0 Å². The lowest BCUT2D eigenvalue weighted by molar-refractivity contribution is 0.930. The first-order valence-electron chi connectivity index (χ1n) is 4.12. The second kappa shape index (κ2) is 2.62. The molecule has 0 aliphatic rings. The average molecular weight is 202 g/mol. The molecule has 4 nitrogen and oxygen atoms in total. The zero-order chi connectivity index (χ0) is 9.54. The van der Waals surface area contributed by atoms with Crippen LogP contribution in [0.25, 0.3) is 15.2 Å². The van der Waals surface area contributed by atoms with Gasteiger partial charge in [-0.2, -0.15) is 4.98 Å². The largest absolute Gasteiger partial charge is 0.275 e. The molecule has 0 saturated heterocycles. The van der Waals surface area contributed by atoms with E-state index < -0.39 is 0 Å². The van der Waals surface area contributed by atoms with Gasteiger partial charge < -0.3 is 0 Å². The summed E-state index contributed by atoms with van der Waals surface area (Å²) in [6, 6.07) is 8.04. The Hall–Kier alpha value is -1.75. The summed E-state index contributed by atoms with van der Waals surface area (Å²) in [5.74, 6) is 0. The van der Waals surface area contributed by atoms with Crippen molar-refractivity contribution in [3.63, 3.8) is 0 Å².